The standard InChI is InChI=1S/C8H10ClN3O/c9-7-3-11-8(4-10-7)12-2-1-6(13)5-12/h3-4,6,13H,1-2,5H2/t6-/m0/s1. The Labute approximate surface area is 81.2 Å². The zero-order chi connectivity index (χ0) is 9.26. The minimum Gasteiger partial charge on any atom is -0.391 e. The third-order valence-corrected chi connectivity index (χ3v) is 2.29. The quantitative estimate of drug-likeness (QED) is 0.724. The number of hydrogen-bond donors (Lipinski definition) is 1. The molecule has 0 bridgehead atoms. The van der Waals surface area contributed by atoms with E-state index in [2.05, 4.69) is 9.97 Å². The number of aromatic nitrogens is 2. The summed E-state index contributed by atoms with van der Waals surface area (Å²) in [6, 6.07) is 0. The first-order chi connectivity index (χ1) is 6.25. The highest BCUT2D eigenvalue weighted by atomic mass is 35.5. The molecule has 1 aliphatic rings. The molecule has 1 atom stereocenters. The summed E-state index contributed by atoms with van der Waals surface area (Å²) in [5.41, 5.74) is 0. The van der Waals surface area contributed by atoms with Gasteiger partial charge in [-0.3, -0.25) is 0 Å². The molecule has 2 rings (SSSR count). The van der Waals surface area contributed by atoms with Crippen molar-refractivity contribution in [3.05, 3.63) is 17.5 Å². The summed E-state index contributed by atoms with van der Waals surface area (Å²) in [6.45, 7) is 1.47. The zero-order valence-corrected chi connectivity index (χ0v) is 7.78. The molecule has 0 unspecified atom stereocenters. The molecule has 0 aromatic carbocycles. The smallest absolute Gasteiger partial charge is 0.147 e. The van der Waals surface area contributed by atoms with Gasteiger partial charge in [-0.15, -0.1) is 0 Å². The Morgan fingerprint density at radius 1 is 1.46 bits per heavy atom. The average Bonchev–Trinajstić information content (AvgIpc) is 2.53. The largest absolute Gasteiger partial charge is 0.391 e. The number of aliphatic hydroxyl groups excluding tert-OH is 1. The van der Waals surface area contributed by atoms with Crippen LogP contribution in [0.5, 0.6) is 0 Å². The molecule has 5 heteroatoms. The van der Waals surface area contributed by atoms with Crippen molar-refractivity contribution in [2.75, 3.05) is 18.0 Å². The number of rotatable bonds is 1. The van der Waals surface area contributed by atoms with Gasteiger partial charge in [0.2, 0.25) is 0 Å². The molecule has 1 aliphatic heterocycles. The fourth-order valence-electron chi connectivity index (χ4n) is 1.42. The number of β-amino-alcohol motifs (C(OH)–C–C–N with tert-alkyl or cyclic N) is 1. The van der Waals surface area contributed by atoms with Crippen LogP contribution in [-0.4, -0.2) is 34.3 Å². The van der Waals surface area contributed by atoms with Crippen LogP contribution >= 0.6 is 11.6 Å². The fourth-order valence-corrected chi connectivity index (χ4v) is 1.52. The lowest BCUT2D eigenvalue weighted by atomic mass is 10.3. The summed E-state index contributed by atoms with van der Waals surface area (Å²) in [5, 5.41) is 9.69. The molecule has 0 amide bonds. The SMILES string of the molecule is O[C@H]1CCN(c2cnc(Cl)cn2)C1. The van der Waals surface area contributed by atoms with Crippen LogP contribution in [0.2, 0.25) is 5.15 Å². The first-order valence-electron chi connectivity index (χ1n) is 4.16. The highest BCUT2D eigenvalue weighted by molar-refractivity contribution is 6.29. The zero-order valence-electron chi connectivity index (χ0n) is 7.02. The molecule has 0 aliphatic carbocycles. The molecule has 2 heterocycles. The first kappa shape index (κ1) is 8.72. The number of hydrogen-bond acceptors (Lipinski definition) is 4. The van der Waals surface area contributed by atoms with Crippen molar-refractivity contribution in [1.29, 1.82) is 0 Å². The number of halogens is 1. The molecule has 0 spiro atoms. The van der Waals surface area contributed by atoms with Gasteiger partial charge in [0.25, 0.3) is 0 Å². The Morgan fingerprint density at radius 2 is 2.31 bits per heavy atom. The summed E-state index contributed by atoms with van der Waals surface area (Å²) in [5.74, 6) is 0.779. The highest BCUT2D eigenvalue weighted by Gasteiger charge is 2.21. The van der Waals surface area contributed by atoms with Crippen LogP contribution in [0, 0.1) is 0 Å². The minimum absolute atomic E-state index is 0.238. The number of anilines is 1. The van der Waals surface area contributed by atoms with E-state index in [1.165, 1.54) is 6.20 Å². The maximum absolute atomic E-state index is 9.30. The van der Waals surface area contributed by atoms with Gasteiger partial charge < -0.3 is 10.0 Å². The van der Waals surface area contributed by atoms with Crippen molar-refractivity contribution < 1.29 is 5.11 Å². The number of nitrogens with zero attached hydrogens (tertiary/aromatic N) is 3. The van der Waals surface area contributed by atoms with Crippen LogP contribution in [0.4, 0.5) is 5.82 Å². The fraction of sp³-hybridized carbons (Fsp3) is 0.500. The first-order valence-corrected chi connectivity index (χ1v) is 4.54. The van der Waals surface area contributed by atoms with E-state index in [4.69, 9.17) is 11.6 Å². The Bertz CT molecular complexity index is 290. The predicted octanol–water partition coefficient (Wildman–Crippen LogP) is 0.701. The van der Waals surface area contributed by atoms with Crippen molar-refractivity contribution in [2.24, 2.45) is 0 Å². The van der Waals surface area contributed by atoms with Crippen LogP contribution in [0.25, 0.3) is 0 Å². The highest BCUT2D eigenvalue weighted by Crippen LogP contribution is 2.17. The van der Waals surface area contributed by atoms with Crippen LogP contribution in [0.1, 0.15) is 6.42 Å². The molecule has 1 aromatic rings. The average molecular weight is 200 g/mol. The Morgan fingerprint density at radius 3 is 2.85 bits per heavy atom. The summed E-state index contributed by atoms with van der Waals surface area (Å²) in [7, 11) is 0. The predicted molar refractivity (Wildman–Crippen MR) is 49.9 cm³/mol. The number of aliphatic hydroxyl groups is 1. The van der Waals surface area contributed by atoms with Crippen LogP contribution in [0.15, 0.2) is 12.4 Å². The van der Waals surface area contributed by atoms with Crippen molar-refractivity contribution in [3.63, 3.8) is 0 Å². The van der Waals surface area contributed by atoms with Crippen LogP contribution in [-0.2, 0) is 0 Å². The Balaban J connectivity index is 2.13. The van der Waals surface area contributed by atoms with Crippen molar-refractivity contribution in [2.45, 2.75) is 12.5 Å². The van der Waals surface area contributed by atoms with E-state index in [0.29, 0.717) is 11.7 Å². The van der Waals surface area contributed by atoms with Gasteiger partial charge in [-0.05, 0) is 6.42 Å². The topological polar surface area (TPSA) is 49.2 Å². The third kappa shape index (κ3) is 1.89. The van der Waals surface area contributed by atoms with Crippen molar-refractivity contribution >= 4 is 17.4 Å². The third-order valence-electron chi connectivity index (χ3n) is 2.09. The molecule has 4 nitrogen and oxygen atoms in total. The molecular weight excluding hydrogens is 190 g/mol. The van der Waals surface area contributed by atoms with E-state index in [1.807, 2.05) is 4.90 Å². The summed E-state index contributed by atoms with van der Waals surface area (Å²) >= 11 is 5.61. The molecule has 1 saturated heterocycles. The van der Waals surface area contributed by atoms with Gasteiger partial charge in [-0.1, -0.05) is 11.6 Å². The van der Waals surface area contributed by atoms with E-state index in [1.54, 1.807) is 6.20 Å². The van der Waals surface area contributed by atoms with Gasteiger partial charge in [0, 0.05) is 13.1 Å². The maximum Gasteiger partial charge on any atom is 0.147 e. The van der Waals surface area contributed by atoms with E-state index in [0.717, 1.165) is 18.8 Å². The van der Waals surface area contributed by atoms with Gasteiger partial charge in [0.05, 0.1) is 18.5 Å². The Kier molecular flexibility index (Phi) is 2.33. The minimum atomic E-state index is -0.238. The molecule has 0 radical (unpaired) electrons. The molecular formula is C8H10ClN3O. The van der Waals surface area contributed by atoms with E-state index in [-0.39, 0.29) is 6.10 Å². The summed E-state index contributed by atoms with van der Waals surface area (Å²) in [4.78, 5) is 10.0. The normalized spacial score (nSPS) is 22.3. The van der Waals surface area contributed by atoms with E-state index < -0.39 is 0 Å². The van der Waals surface area contributed by atoms with Gasteiger partial charge >= 0.3 is 0 Å². The molecule has 70 valence electrons. The lowest BCUT2D eigenvalue weighted by Crippen LogP contribution is -2.22. The maximum atomic E-state index is 9.30. The van der Waals surface area contributed by atoms with Crippen molar-refractivity contribution in [1.82, 2.24) is 9.97 Å². The van der Waals surface area contributed by atoms with E-state index in [9.17, 15) is 5.11 Å². The molecule has 1 fully saturated rings. The summed E-state index contributed by atoms with van der Waals surface area (Å²) < 4.78 is 0. The van der Waals surface area contributed by atoms with Gasteiger partial charge in [-0.2, -0.15) is 0 Å². The second kappa shape index (κ2) is 3.47. The van der Waals surface area contributed by atoms with Crippen molar-refractivity contribution in [3.8, 4) is 0 Å². The Hall–Kier alpha value is -0.870. The van der Waals surface area contributed by atoms with Crippen LogP contribution in [0.3, 0.4) is 0 Å². The summed E-state index contributed by atoms with van der Waals surface area (Å²) in [6.07, 6.45) is 3.70. The monoisotopic (exact) mass is 199 g/mol. The molecule has 13 heavy (non-hydrogen) atoms. The van der Waals surface area contributed by atoms with Crippen LogP contribution < -0.4 is 4.90 Å². The van der Waals surface area contributed by atoms with Gasteiger partial charge in [0.1, 0.15) is 11.0 Å². The second-order valence-corrected chi connectivity index (χ2v) is 3.47. The molecule has 1 aromatic heterocycles. The lowest BCUT2D eigenvalue weighted by Gasteiger charge is -2.15. The van der Waals surface area contributed by atoms with Gasteiger partial charge in [0.15, 0.2) is 0 Å². The second-order valence-electron chi connectivity index (χ2n) is 3.09. The van der Waals surface area contributed by atoms with Gasteiger partial charge in [-0.25, -0.2) is 9.97 Å². The molecule has 0 saturated carbocycles. The lowest BCUT2D eigenvalue weighted by molar-refractivity contribution is 0.198. The van der Waals surface area contributed by atoms with E-state index >= 15 is 0 Å². The molecule has 1 N–H and O–H groups in total.